The van der Waals surface area contributed by atoms with Gasteiger partial charge in [0.1, 0.15) is 0 Å². The second-order valence-electron chi connectivity index (χ2n) is 8.39. The molecule has 3 aromatic carbocycles. The van der Waals surface area contributed by atoms with Crippen LogP contribution in [0.15, 0.2) is 70.0 Å². The summed E-state index contributed by atoms with van der Waals surface area (Å²) in [4.78, 5) is 39.4. The number of thioether (sulfide) groups is 1. The van der Waals surface area contributed by atoms with Crippen LogP contribution in [-0.4, -0.2) is 35.7 Å². The topological polar surface area (TPSA) is 84.9 Å². The Kier molecular flexibility index (Phi) is 8.35. The first kappa shape index (κ1) is 26.5. The maximum atomic E-state index is 12.9. The highest BCUT2D eigenvalue weighted by atomic mass is 79.9. The van der Waals surface area contributed by atoms with Crippen LogP contribution >= 0.6 is 27.7 Å². The van der Waals surface area contributed by atoms with Gasteiger partial charge in [-0.1, -0.05) is 46.3 Å². The molecule has 7 nitrogen and oxygen atoms in total. The van der Waals surface area contributed by atoms with Crippen LogP contribution in [0.4, 0.5) is 10.5 Å². The number of imide groups is 1. The van der Waals surface area contributed by atoms with E-state index in [4.69, 9.17) is 9.47 Å². The minimum Gasteiger partial charge on any atom is -0.493 e. The summed E-state index contributed by atoms with van der Waals surface area (Å²) in [5.41, 5.74) is 4.35. The fourth-order valence-electron chi connectivity index (χ4n) is 3.67. The van der Waals surface area contributed by atoms with E-state index in [9.17, 15) is 14.4 Å². The molecule has 37 heavy (non-hydrogen) atoms. The van der Waals surface area contributed by atoms with Crippen molar-refractivity contribution >= 4 is 56.5 Å². The molecule has 0 aromatic heterocycles. The van der Waals surface area contributed by atoms with Crippen LogP contribution in [0, 0.1) is 13.8 Å². The van der Waals surface area contributed by atoms with Gasteiger partial charge in [0.05, 0.1) is 18.6 Å². The molecule has 0 spiro atoms. The summed E-state index contributed by atoms with van der Waals surface area (Å²) < 4.78 is 12.1. The van der Waals surface area contributed by atoms with E-state index in [0.29, 0.717) is 22.0 Å². The molecular weight excluding hydrogens is 556 g/mol. The molecule has 0 aliphatic carbocycles. The molecule has 0 atom stereocenters. The molecule has 1 N–H and O–H groups in total. The Hall–Kier alpha value is -3.56. The fraction of sp³-hybridized carbons (Fsp3) is 0.179. The summed E-state index contributed by atoms with van der Waals surface area (Å²) in [7, 11) is 1.49. The lowest BCUT2D eigenvalue weighted by atomic mass is 10.1. The van der Waals surface area contributed by atoms with Crippen molar-refractivity contribution in [2.24, 2.45) is 0 Å². The number of halogens is 1. The molecule has 1 heterocycles. The standard InChI is InChI=1S/C28H25BrN2O5S/c1-17-5-4-6-22(18(17)2)30-26(32)16-36-23-12-9-20(13-24(23)35-3)14-25-27(33)31(28(34)37-25)15-19-7-10-21(29)11-8-19/h4-14H,15-16H2,1-3H3,(H,30,32)/b25-14-. The van der Waals surface area contributed by atoms with E-state index in [0.717, 1.165) is 38.6 Å². The van der Waals surface area contributed by atoms with E-state index >= 15 is 0 Å². The average Bonchev–Trinajstić information content (AvgIpc) is 3.14. The minimum absolute atomic E-state index is 0.196. The zero-order valence-electron chi connectivity index (χ0n) is 20.5. The van der Waals surface area contributed by atoms with Crippen molar-refractivity contribution in [2.45, 2.75) is 20.4 Å². The maximum absolute atomic E-state index is 12.9. The third-order valence-electron chi connectivity index (χ3n) is 5.85. The number of nitrogens with zero attached hydrogens (tertiary/aromatic N) is 1. The number of carbonyl (C=O) groups is 3. The molecule has 1 aliphatic rings. The number of carbonyl (C=O) groups excluding carboxylic acids is 3. The fourth-order valence-corrected chi connectivity index (χ4v) is 4.77. The van der Waals surface area contributed by atoms with E-state index in [1.54, 1.807) is 24.3 Å². The van der Waals surface area contributed by atoms with Gasteiger partial charge in [0, 0.05) is 10.2 Å². The van der Waals surface area contributed by atoms with Crippen molar-refractivity contribution in [2.75, 3.05) is 19.0 Å². The van der Waals surface area contributed by atoms with Crippen molar-refractivity contribution < 1.29 is 23.9 Å². The molecule has 1 fully saturated rings. The molecule has 9 heteroatoms. The summed E-state index contributed by atoms with van der Waals surface area (Å²) >= 11 is 4.28. The predicted octanol–water partition coefficient (Wildman–Crippen LogP) is 6.33. The van der Waals surface area contributed by atoms with E-state index in [2.05, 4.69) is 21.2 Å². The quantitative estimate of drug-likeness (QED) is 0.313. The Bertz CT molecular complexity index is 1390. The zero-order chi connectivity index (χ0) is 26.5. The van der Waals surface area contributed by atoms with Gasteiger partial charge in [-0.3, -0.25) is 19.3 Å². The van der Waals surface area contributed by atoms with E-state index in [1.807, 2.05) is 56.3 Å². The lowest BCUT2D eigenvalue weighted by Gasteiger charge is -2.13. The van der Waals surface area contributed by atoms with Gasteiger partial charge in [0.15, 0.2) is 18.1 Å². The first-order valence-corrected chi connectivity index (χ1v) is 13.0. The van der Waals surface area contributed by atoms with Crippen LogP contribution in [0.1, 0.15) is 22.3 Å². The smallest absolute Gasteiger partial charge is 0.293 e. The molecule has 1 saturated heterocycles. The summed E-state index contributed by atoms with van der Waals surface area (Å²) in [5, 5.41) is 2.54. The van der Waals surface area contributed by atoms with Crippen LogP contribution in [-0.2, 0) is 16.1 Å². The molecule has 0 radical (unpaired) electrons. The number of hydrogen-bond donors (Lipinski definition) is 1. The Balaban J connectivity index is 1.42. The van der Waals surface area contributed by atoms with Crippen molar-refractivity contribution in [1.29, 1.82) is 0 Å². The number of benzene rings is 3. The van der Waals surface area contributed by atoms with Crippen LogP contribution < -0.4 is 14.8 Å². The van der Waals surface area contributed by atoms with Gasteiger partial charge in [-0.2, -0.15) is 0 Å². The first-order chi connectivity index (χ1) is 17.7. The second kappa shape index (κ2) is 11.7. The largest absolute Gasteiger partial charge is 0.493 e. The Morgan fingerprint density at radius 2 is 1.81 bits per heavy atom. The van der Waals surface area contributed by atoms with Gasteiger partial charge in [0.2, 0.25) is 0 Å². The van der Waals surface area contributed by atoms with Gasteiger partial charge >= 0.3 is 0 Å². The molecule has 0 unspecified atom stereocenters. The molecule has 0 saturated carbocycles. The average molecular weight is 581 g/mol. The van der Waals surface area contributed by atoms with Crippen LogP contribution in [0.5, 0.6) is 11.5 Å². The number of rotatable bonds is 8. The molecular formula is C28H25BrN2O5S. The summed E-state index contributed by atoms with van der Waals surface area (Å²) in [6, 6.07) is 18.3. The van der Waals surface area contributed by atoms with E-state index in [1.165, 1.54) is 12.0 Å². The summed E-state index contributed by atoms with van der Waals surface area (Å²) in [6.07, 6.45) is 1.64. The maximum Gasteiger partial charge on any atom is 0.293 e. The van der Waals surface area contributed by atoms with Gasteiger partial charge in [-0.15, -0.1) is 0 Å². The molecule has 190 valence electrons. The lowest BCUT2D eigenvalue weighted by molar-refractivity contribution is -0.123. The van der Waals surface area contributed by atoms with Gasteiger partial charge in [-0.05, 0) is 84.3 Å². The Morgan fingerprint density at radius 3 is 2.54 bits per heavy atom. The number of hydrogen-bond acceptors (Lipinski definition) is 6. The normalized spacial score (nSPS) is 14.3. The molecule has 3 aromatic rings. The molecule has 0 bridgehead atoms. The summed E-state index contributed by atoms with van der Waals surface area (Å²) in [6.45, 7) is 3.94. The van der Waals surface area contributed by atoms with Crippen molar-refractivity contribution in [3.05, 3.63) is 92.3 Å². The zero-order valence-corrected chi connectivity index (χ0v) is 22.9. The SMILES string of the molecule is COc1cc(/C=C2\SC(=O)N(Cc3ccc(Br)cc3)C2=O)ccc1OCC(=O)Nc1cccc(C)c1C. The summed E-state index contributed by atoms with van der Waals surface area (Å²) in [5.74, 6) is 0.154. The molecule has 4 rings (SSSR count). The van der Waals surface area contributed by atoms with E-state index < -0.39 is 0 Å². The highest BCUT2D eigenvalue weighted by Crippen LogP contribution is 2.35. The highest BCUT2D eigenvalue weighted by Gasteiger charge is 2.35. The number of amides is 3. The lowest BCUT2D eigenvalue weighted by Crippen LogP contribution is -2.27. The minimum atomic E-state index is -0.347. The van der Waals surface area contributed by atoms with E-state index in [-0.39, 0.29) is 30.2 Å². The second-order valence-corrected chi connectivity index (χ2v) is 10.3. The van der Waals surface area contributed by atoms with Gasteiger partial charge in [0.25, 0.3) is 17.1 Å². The third kappa shape index (κ3) is 6.42. The Labute approximate surface area is 228 Å². The van der Waals surface area contributed by atoms with Crippen LogP contribution in [0.3, 0.4) is 0 Å². The molecule has 1 aliphatic heterocycles. The number of ether oxygens (including phenoxy) is 2. The Morgan fingerprint density at radius 1 is 1.05 bits per heavy atom. The van der Waals surface area contributed by atoms with Crippen molar-refractivity contribution in [3.63, 3.8) is 0 Å². The number of nitrogens with one attached hydrogen (secondary N) is 1. The highest BCUT2D eigenvalue weighted by molar-refractivity contribution is 9.10. The van der Waals surface area contributed by atoms with Crippen molar-refractivity contribution in [1.82, 2.24) is 4.90 Å². The monoisotopic (exact) mass is 580 g/mol. The van der Waals surface area contributed by atoms with Crippen LogP contribution in [0.2, 0.25) is 0 Å². The third-order valence-corrected chi connectivity index (χ3v) is 7.29. The van der Waals surface area contributed by atoms with Crippen molar-refractivity contribution in [3.8, 4) is 11.5 Å². The van der Waals surface area contributed by atoms with Gasteiger partial charge in [-0.25, -0.2) is 0 Å². The first-order valence-electron chi connectivity index (χ1n) is 11.4. The number of aryl methyl sites for hydroxylation is 1. The molecule has 3 amide bonds. The number of methoxy groups -OCH3 is 1. The van der Waals surface area contributed by atoms with Gasteiger partial charge < -0.3 is 14.8 Å². The van der Waals surface area contributed by atoms with Crippen LogP contribution in [0.25, 0.3) is 6.08 Å². The number of anilines is 1. The predicted molar refractivity (Wildman–Crippen MR) is 149 cm³/mol.